The number of nitrogens with zero attached hydrogens (tertiary/aromatic N) is 1. The molecule has 1 aliphatic rings. The van der Waals surface area contributed by atoms with Gasteiger partial charge in [0.2, 0.25) is 11.8 Å². The maximum Gasteiger partial charge on any atom is 0.242 e. The van der Waals surface area contributed by atoms with E-state index in [4.69, 9.17) is 23.2 Å². The molecular formula is C25H29Cl2FN2O2S. The maximum absolute atomic E-state index is 13.9. The average molecular weight is 511 g/mol. The zero-order chi connectivity index (χ0) is 23.8. The molecule has 1 aliphatic carbocycles. The molecule has 3 rings (SSSR count). The molecule has 0 bridgehead atoms. The van der Waals surface area contributed by atoms with Crippen LogP contribution in [0, 0.1) is 5.82 Å². The second-order valence-electron chi connectivity index (χ2n) is 8.37. The van der Waals surface area contributed by atoms with Crippen LogP contribution >= 0.6 is 35.0 Å². The summed E-state index contributed by atoms with van der Waals surface area (Å²) in [5.74, 6) is -0.119. The van der Waals surface area contributed by atoms with Gasteiger partial charge < -0.3 is 10.2 Å². The molecule has 1 N–H and O–H groups in total. The monoisotopic (exact) mass is 510 g/mol. The molecule has 0 aliphatic heterocycles. The fourth-order valence-electron chi connectivity index (χ4n) is 3.93. The van der Waals surface area contributed by atoms with Crippen molar-refractivity contribution in [2.75, 3.05) is 5.75 Å². The molecule has 0 saturated heterocycles. The highest BCUT2D eigenvalue weighted by Gasteiger charge is 2.28. The van der Waals surface area contributed by atoms with Crippen molar-refractivity contribution in [1.29, 1.82) is 0 Å². The first-order valence-electron chi connectivity index (χ1n) is 11.2. The summed E-state index contributed by atoms with van der Waals surface area (Å²) >= 11 is 13.5. The molecule has 178 valence electrons. The fraction of sp³-hybridized carbons (Fsp3) is 0.440. The van der Waals surface area contributed by atoms with Crippen molar-refractivity contribution >= 4 is 46.8 Å². The Kier molecular flexibility index (Phi) is 9.90. The van der Waals surface area contributed by atoms with Gasteiger partial charge in [0.1, 0.15) is 11.9 Å². The normalized spacial score (nSPS) is 15.2. The van der Waals surface area contributed by atoms with Gasteiger partial charge in [-0.2, -0.15) is 0 Å². The van der Waals surface area contributed by atoms with Crippen LogP contribution in [0.1, 0.15) is 50.2 Å². The fourth-order valence-corrected chi connectivity index (χ4v) is 5.15. The van der Waals surface area contributed by atoms with E-state index in [-0.39, 0.29) is 36.0 Å². The van der Waals surface area contributed by atoms with Crippen molar-refractivity contribution in [2.45, 2.75) is 63.4 Å². The molecule has 1 atom stereocenters. The van der Waals surface area contributed by atoms with Gasteiger partial charge in [-0.05, 0) is 49.1 Å². The summed E-state index contributed by atoms with van der Waals surface area (Å²) in [6.45, 7) is 1.98. The minimum absolute atomic E-state index is 0.136. The molecule has 0 unspecified atom stereocenters. The summed E-state index contributed by atoms with van der Waals surface area (Å²) in [6.07, 6.45) is 5.36. The molecule has 8 heteroatoms. The lowest BCUT2D eigenvalue weighted by Crippen LogP contribution is -2.50. The summed E-state index contributed by atoms with van der Waals surface area (Å²) in [6, 6.07) is 11.2. The van der Waals surface area contributed by atoms with E-state index in [1.54, 1.807) is 48.2 Å². The van der Waals surface area contributed by atoms with Crippen LogP contribution in [0.3, 0.4) is 0 Å². The number of halogens is 3. The molecule has 0 heterocycles. The molecule has 2 amide bonds. The minimum atomic E-state index is -0.650. The second-order valence-corrected chi connectivity index (χ2v) is 10.2. The molecule has 0 spiro atoms. The lowest BCUT2D eigenvalue weighted by Gasteiger charge is -2.31. The Bertz CT molecular complexity index is 969. The number of hydrogen-bond donors (Lipinski definition) is 1. The quantitative estimate of drug-likeness (QED) is 0.434. The Morgan fingerprint density at radius 1 is 1.12 bits per heavy atom. The van der Waals surface area contributed by atoms with Gasteiger partial charge in [-0.25, -0.2) is 4.39 Å². The first-order chi connectivity index (χ1) is 15.8. The van der Waals surface area contributed by atoms with E-state index < -0.39 is 6.04 Å². The Labute approximate surface area is 209 Å². The zero-order valence-corrected chi connectivity index (χ0v) is 21.0. The van der Waals surface area contributed by atoms with Gasteiger partial charge in [-0.15, -0.1) is 11.8 Å². The number of carbonyl (C=O) groups excluding carboxylic acids is 2. The summed E-state index contributed by atoms with van der Waals surface area (Å²) in [4.78, 5) is 27.7. The van der Waals surface area contributed by atoms with E-state index in [1.165, 1.54) is 24.2 Å². The van der Waals surface area contributed by atoms with Crippen LogP contribution in [0.25, 0.3) is 0 Å². The van der Waals surface area contributed by atoms with Crippen LogP contribution in [-0.4, -0.2) is 34.6 Å². The highest BCUT2D eigenvalue weighted by atomic mass is 35.5. The molecule has 33 heavy (non-hydrogen) atoms. The van der Waals surface area contributed by atoms with E-state index in [9.17, 15) is 14.0 Å². The number of thioether (sulfide) groups is 1. The minimum Gasteiger partial charge on any atom is -0.352 e. The smallest absolute Gasteiger partial charge is 0.242 e. The summed E-state index contributed by atoms with van der Waals surface area (Å²) in [5, 5.41) is 3.94. The molecule has 1 fully saturated rings. The third-order valence-electron chi connectivity index (χ3n) is 5.90. The molecule has 2 aromatic rings. The first-order valence-corrected chi connectivity index (χ1v) is 13.1. The standard InChI is InChI=1S/C25H29Cl2FN2O2S/c1-17(25(32)29-20-8-3-2-4-9-20)30(14-18-11-12-21(26)22(27)13-18)24(31)16-33-15-19-7-5-6-10-23(19)28/h5-7,10-13,17,20H,2-4,8-9,14-16H2,1H3,(H,29,32)/t17-/m1/s1. The molecule has 0 aromatic heterocycles. The summed E-state index contributed by atoms with van der Waals surface area (Å²) in [7, 11) is 0. The largest absolute Gasteiger partial charge is 0.352 e. The van der Waals surface area contributed by atoms with Gasteiger partial charge in [-0.3, -0.25) is 9.59 Å². The van der Waals surface area contributed by atoms with E-state index in [2.05, 4.69) is 5.32 Å². The van der Waals surface area contributed by atoms with Crippen LogP contribution in [0.15, 0.2) is 42.5 Å². The van der Waals surface area contributed by atoms with Gasteiger partial charge in [0, 0.05) is 18.3 Å². The zero-order valence-electron chi connectivity index (χ0n) is 18.7. The van der Waals surface area contributed by atoms with Crippen molar-refractivity contribution in [3.05, 3.63) is 69.5 Å². The number of carbonyl (C=O) groups is 2. The van der Waals surface area contributed by atoms with Crippen molar-refractivity contribution in [1.82, 2.24) is 10.2 Å². The lowest BCUT2D eigenvalue weighted by atomic mass is 9.95. The third kappa shape index (κ3) is 7.62. The van der Waals surface area contributed by atoms with Crippen molar-refractivity contribution < 1.29 is 14.0 Å². The summed E-state index contributed by atoms with van der Waals surface area (Å²) < 4.78 is 13.9. The SMILES string of the molecule is C[C@H](C(=O)NC1CCCCC1)N(Cc1ccc(Cl)c(Cl)c1)C(=O)CSCc1ccccc1F. The van der Waals surface area contributed by atoms with Crippen LogP contribution < -0.4 is 5.32 Å². The van der Waals surface area contributed by atoms with Crippen LogP contribution in [0.2, 0.25) is 10.0 Å². The number of rotatable bonds is 9. The number of hydrogen-bond acceptors (Lipinski definition) is 3. The van der Waals surface area contributed by atoms with Crippen LogP contribution in [-0.2, 0) is 21.9 Å². The number of amides is 2. The average Bonchev–Trinajstić information content (AvgIpc) is 2.81. The molecule has 4 nitrogen and oxygen atoms in total. The first kappa shape index (κ1) is 25.9. The number of benzene rings is 2. The maximum atomic E-state index is 13.9. The van der Waals surface area contributed by atoms with Gasteiger partial charge >= 0.3 is 0 Å². The summed E-state index contributed by atoms with van der Waals surface area (Å²) in [5.41, 5.74) is 1.34. The predicted molar refractivity (Wildman–Crippen MR) is 134 cm³/mol. The highest BCUT2D eigenvalue weighted by molar-refractivity contribution is 7.99. The van der Waals surface area contributed by atoms with Gasteiger partial charge in [0.15, 0.2) is 0 Å². The second kappa shape index (κ2) is 12.6. The van der Waals surface area contributed by atoms with Crippen molar-refractivity contribution in [3.63, 3.8) is 0 Å². The van der Waals surface area contributed by atoms with E-state index >= 15 is 0 Å². The van der Waals surface area contributed by atoms with Crippen LogP contribution in [0.5, 0.6) is 0 Å². The number of nitrogens with one attached hydrogen (secondary N) is 1. The van der Waals surface area contributed by atoms with Gasteiger partial charge in [0.05, 0.1) is 15.8 Å². The molecule has 2 aromatic carbocycles. The topological polar surface area (TPSA) is 49.4 Å². The van der Waals surface area contributed by atoms with E-state index in [1.807, 2.05) is 0 Å². The molecular weight excluding hydrogens is 482 g/mol. The molecule has 1 saturated carbocycles. The Balaban J connectivity index is 1.68. The van der Waals surface area contributed by atoms with Crippen molar-refractivity contribution in [2.24, 2.45) is 0 Å². The van der Waals surface area contributed by atoms with E-state index in [0.29, 0.717) is 21.4 Å². The van der Waals surface area contributed by atoms with Crippen molar-refractivity contribution in [3.8, 4) is 0 Å². The Hall–Kier alpha value is -1.76. The Morgan fingerprint density at radius 2 is 1.85 bits per heavy atom. The van der Waals surface area contributed by atoms with Crippen LogP contribution in [0.4, 0.5) is 4.39 Å². The van der Waals surface area contributed by atoms with Gasteiger partial charge in [0.25, 0.3) is 0 Å². The predicted octanol–water partition coefficient (Wildman–Crippen LogP) is 6.23. The highest BCUT2D eigenvalue weighted by Crippen LogP contribution is 2.25. The van der Waals surface area contributed by atoms with Gasteiger partial charge in [-0.1, -0.05) is 66.7 Å². The molecule has 0 radical (unpaired) electrons. The van der Waals surface area contributed by atoms with E-state index in [0.717, 1.165) is 31.2 Å². The lowest BCUT2D eigenvalue weighted by molar-refractivity contribution is -0.139. The Morgan fingerprint density at radius 3 is 2.55 bits per heavy atom. The third-order valence-corrected chi connectivity index (χ3v) is 7.60.